The SMILES string of the molecule is N=C(Cl)C(=N)C(N)Cl. The van der Waals surface area contributed by atoms with Crippen LogP contribution in [0.1, 0.15) is 0 Å². The van der Waals surface area contributed by atoms with Crippen molar-refractivity contribution in [2.24, 2.45) is 5.73 Å². The zero-order valence-electron chi connectivity index (χ0n) is 3.91. The number of hydrogen-bond acceptors (Lipinski definition) is 3. The van der Waals surface area contributed by atoms with Gasteiger partial charge in [-0.05, 0) is 0 Å². The Morgan fingerprint density at radius 3 is 1.88 bits per heavy atom. The van der Waals surface area contributed by atoms with Gasteiger partial charge in [-0.2, -0.15) is 0 Å². The lowest BCUT2D eigenvalue weighted by Gasteiger charge is -1.98. The summed E-state index contributed by atoms with van der Waals surface area (Å²) in [7, 11) is 0. The van der Waals surface area contributed by atoms with Gasteiger partial charge < -0.3 is 5.73 Å². The van der Waals surface area contributed by atoms with Crippen LogP contribution in [0.4, 0.5) is 0 Å². The van der Waals surface area contributed by atoms with Gasteiger partial charge in [0, 0.05) is 0 Å². The Bertz CT molecular complexity index is 120. The number of nitrogens with two attached hydrogens (primary N) is 1. The lowest BCUT2D eigenvalue weighted by molar-refractivity contribution is 1.19. The maximum Gasteiger partial charge on any atom is 0.144 e. The van der Waals surface area contributed by atoms with E-state index in [1.165, 1.54) is 0 Å². The maximum absolute atomic E-state index is 6.78. The fourth-order valence-corrected chi connectivity index (χ4v) is 0.404. The Balaban J connectivity index is 3.84. The summed E-state index contributed by atoms with van der Waals surface area (Å²) in [6.45, 7) is 0. The molecule has 1 atom stereocenters. The molecule has 0 aromatic carbocycles. The molecule has 3 nitrogen and oxygen atoms in total. The first kappa shape index (κ1) is 7.88. The summed E-state index contributed by atoms with van der Waals surface area (Å²) < 4.78 is 0. The van der Waals surface area contributed by atoms with Crippen LogP contribution in [0.5, 0.6) is 0 Å². The summed E-state index contributed by atoms with van der Waals surface area (Å²) in [5.74, 6) is 0. The lowest BCUT2D eigenvalue weighted by Crippen LogP contribution is -2.27. The van der Waals surface area contributed by atoms with E-state index in [1.807, 2.05) is 0 Å². The molecular weight excluding hydrogens is 149 g/mol. The molecule has 0 saturated carbocycles. The average molecular weight is 154 g/mol. The highest BCUT2D eigenvalue weighted by atomic mass is 35.5. The summed E-state index contributed by atoms with van der Waals surface area (Å²) in [5.41, 5.74) is 3.74. The highest BCUT2D eigenvalue weighted by molar-refractivity contribution is 6.84. The molecule has 0 aliphatic carbocycles. The fraction of sp³-hybridized carbons (Fsp3) is 0.333. The summed E-state index contributed by atoms with van der Waals surface area (Å²) in [4.78, 5) is 0. The first-order chi connectivity index (χ1) is 3.55. The molecule has 0 bridgehead atoms. The highest BCUT2D eigenvalue weighted by Crippen LogP contribution is 1.92. The van der Waals surface area contributed by atoms with Crippen LogP contribution in [0.2, 0.25) is 0 Å². The minimum atomic E-state index is -0.958. The molecule has 4 N–H and O–H groups in total. The standard InChI is InChI=1S/C3H5Cl2N3/c4-2(7)1(6)3(5)8/h2,6,8H,7H2. The zero-order chi connectivity index (χ0) is 6.73. The van der Waals surface area contributed by atoms with Gasteiger partial charge in [-0.3, -0.25) is 10.8 Å². The van der Waals surface area contributed by atoms with Gasteiger partial charge in [0.15, 0.2) is 0 Å². The van der Waals surface area contributed by atoms with Crippen molar-refractivity contribution < 1.29 is 0 Å². The minimum absolute atomic E-state index is 0.256. The molecule has 46 valence electrons. The fourth-order valence-electron chi connectivity index (χ4n) is 0.121. The van der Waals surface area contributed by atoms with E-state index in [0.29, 0.717) is 0 Å². The van der Waals surface area contributed by atoms with Crippen molar-refractivity contribution in [2.75, 3.05) is 0 Å². The van der Waals surface area contributed by atoms with E-state index in [9.17, 15) is 0 Å². The topological polar surface area (TPSA) is 73.7 Å². The quantitative estimate of drug-likeness (QED) is 0.306. The van der Waals surface area contributed by atoms with Crippen LogP contribution in [-0.4, -0.2) is 16.4 Å². The monoisotopic (exact) mass is 153 g/mol. The number of rotatable bonds is 2. The van der Waals surface area contributed by atoms with Gasteiger partial charge >= 0.3 is 0 Å². The Kier molecular flexibility index (Phi) is 2.97. The van der Waals surface area contributed by atoms with Crippen LogP contribution in [0.25, 0.3) is 0 Å². The van der Waals surface area contributed by atoms with E-state index >= 15 is 0 Å². The number of hydrogen-bond donors (Lipinski definition) is 3. The molecule has 5 heteroatoms. The number of alkyl halides is 1. The second kappa shape index (κ2) is 3.02. The average Bonchev–Trinajstić information content (AvgIpc) is 1.64. The Labute approximate surface area is 56.8 Å². The van der Waals surface area contributed by atoms with Crippen LogP contribution < -0.4 is 5.73 Å². The second-order valence-electron chi connectivity index (χ2n) is 1.13. The second-order valence-corrected chi connectivity index (χ2v) is 1.98. The van der Waals surface area contributed by atoms with Gasteiger partial charge in [0.05, 0.1) is 0 Å². The molecule has 0 spiro atoms. The number of nitrogens with one attached hydrogen (secondary N) is 2. The molecule has 0 fully saturated rings. The predicted octanol–water partition coefficient (Wildman–Crippen LogP) is 0.746. The van der Waals surface area contributed by atoms with Gasteiger partial charge in [-0.15, -0.1) is 0 Å². The van der Waals surface area contributed by atoms with Crippen molar-refractivity contribution in [1.82, 2.24) is 0 Å². The van der Waals surface area contributed by atoms with Gasteiger partial charge in [0.2, 0.25) is 0 Å². The minimum Gasteiger partial charge on any atom is -0.310 e. The van der Waals surface area contributed by atoms with Crippen LogP contribution in [0, 0.1) is 10.8 Å². The molecule has 0 aliphatic rings. The van der Waals surface area contributed by atoms with Gasteiger partial charge in [-0.25, -0.2) is 0 Å². The van der Waals surface area contributed by atoms with Crippen molar-refractivity contribution in [2.45, 2.75) is 5.50 Å². The largest absolute Gasteiger partial charge is 0.310 e. The molecular formula is C3H5Cl2N3. The molecule has 0 aromatic rings. The van der Waals surface area contributed by atoms with E-state index in [4.69, 9.17) is 39.8 Å². The summed E-state index contributed by atoms with van der Waals surface area (Å²) in [5, 5.41) is 13.0. The predicted molar refractivity (Wildman–Crippen MR) is 35.1 cm³/mol. The normalized spacial score (nSPS) is 12.9. The summed E-state index contributed by atoms with van der Waals surface area (Å²) in [6.07, 6.45) is 0. The van der Waals surface area contributed by atoms with Crippen LogP contribution >= 0.6 is 23.2 Å². The molecule has 0 aliphatic heterocycles. The molecule has 8 heavy (non-hydrogen) atoms. The van der Waals surface area contributed by atoms with Gasteiger partial charge in [-0.1, -0.05) is 23.2 Å². The zero-order valence-corrected chi connectivity index (χ0v) is 5.42. The van der Waals surface area contributed by atoms with Gasteiger partial charge in [0.25, 0.3) is 0 Å². The van der Waals surface area contributed by atoms with Crippen molar-refractivity contribution >= 4 is 34.1 Å². The van der Waals surface area contributed by atoms with E-state index < -0.39 is 10.7 Å². The van der Waals surface area contributed by atoms with E-state index in [2.05, 4.69) is 0 Å². The molecule has 0 rings (SSSR count). The molecule has 0 aromatic heterocycles. The lowest BCUT2D eigenvalue weighted by atomic mass is 10.4. The first-order valence-electron chi connectivity index (χ1n) is 1.78. The van der Waals surface area contributed by atoms with E-state index in [0.717, 1.165) is 0 Å². The van der Waals surface area contributed by atoms with Crippen molar-refractivity contribution in [3.05, 3.63) is 0 Å². The van der Waals surface area contributed by atoms with E-state index in [1.54, 1.807) is 0 Å². The molecule has 0 heterocycles. The van der Waals surface area contributed by atoms with Crippen LogP contribution in [0.3, 0.4) is 0 Å². The smallest absolute Gasteiger partial charge is 0.144 e. The number of halogens is 2. The van der Waals surface area contributed by atoms with Crippen LogP contribution in [0.15, 0.2) is 0 Å². The van der Waals surface area contributed by atoms with Gasteiger partial charge in [0.1, 0.15) is 16.4 Å². The van der Waals surface area contributed by atoms with Crippen LogP contribution in [-0.2, 0) is 0 Å². The highest BCUT2D eigenvalue weighted by Gasteiger charge is 2.07. The molecule has 1 unspecified atom stereocenters. The maximum atomic E-state index is 6.78. The first-order valence-corrected chi connectivity index (χ1v) is 2.59. The van der Waals surface area contributed by atoms with Crippen molar-refractivity contribution in [1.29, 1.82) is 10.8 Å². The Morgan fingerprint density at radius 2 is 1.88 bits per heavy atom. The summed E-state index contributed by atoms with van der Waals surface area (Å²) in [6, 6.07) is 0. The molecule has 0 amide bonds. The Hall–Kier alpha value is -0.120. The van der Waals surface area contributed by atoms with Crippen molar-refractivity contribution in [3.63, 3.8) is 0 Å². The molecule has 0 radical (unpaired) electrons. The third-order valence-corrected chi connectivity index (χ3v) is 0.934. The third kappa shape index (κ3) is 2.26. The Morgan fingerprint density at radius 1 is 1.50 bits per heavy atom. The third-order valence-electron chi connectivity index (χ3n) is 0.512. The molecule has 0 saturated heterocycles. The van der Waals surface area contributed by atoms with Crippen molar-refractivity contribution in [3.8, 4) is 0 Å². The van der Waals surface area contributed by atoms with E-state index in [-0.39, 0.29) is 5.71 Å². The summed E-state index contributed by atoms with van der Waals surface area (Å²) >= 11 is 10.2.